The molecular weight excluding hydrogens is 232 g/mol. The number of nitrogens with zero attached hydrogens (tertiary/aromatic N) is 2. The van der Waals surface area contributed by atoms with E-state index in [1.807, 2.05) is 0 Å². The normalized spacial score (nSPS) is 10.6. The Balaban J connectivity index is 2.78. The van der Waals surface area contributed by atoms with Gasteiger partial charge in [-0.1, -0.05) is 16.3 Å². The second-order valence-corrected chi connectivity index (χ2v) is 3.54. The number of ether oxygens (including phenoxy) is 1. The van der Waals surface area contributed by atoms with E-state index in [9.17, 15) is 10.0 Å². The van der Waals surface area contributed by atoms with Crippen molar-refractivity contribution in [2.45, 2.75) is 6.92 Å². The van der Waals surface area contributed by atoms with E-state index in [1.54, 1.807) is 19.1 Å². The van der Waals surface area contributed by atoms with Gasteiger partial charge in [0.05, 0.1) is 17.5 Å². The van der Waals surface area contributed by atoms with Crippen molar-refractivity contribution in [3.63, 3.8) is 0 Å². The van der Waals surface area contributed by atoms with Gasteiger partial charge in [-0.05, 0) is 25.1 Å². The number of hydrogen-bond donors (Lipinski definition) is 1. The van der Waals surface area contributed by atoms with Crippen LogP contribution in [0.25, 0.3) is 10.9 Å². The molecule has 0 radical (unpaired) electrons. The summed E-state index contributed by atoms with van der Waals surface area (Å²) in [5.41, 5.74) is -0.184. The Morgan fingerprint density at radius 1 is 1.56 bits per heavy atom. The minimum atomic E-state index is -0.579. The van der Waals surface area contributed by atoms with E-state index in [1.165, 1.54) is 6.07 Å². The van der Waals surface area contributed by atoms with Gasteiger partial charge in [0.1, 0.15) is 0 Å². The molecule has 84 valence electrons. The zero-order chi connectivity index (χ0) is 11.7. The van der Waals surface area contributed by atoms with Crippen LogP contribution >= 0.6 is 11.6 Å². The van der Waals surface area contributed by atoms with Crippen molar-refractivity contribution in [1.29, 1.82) is 0 Å². The van der Waals surface area contributed by atoms with Crippen molar-refractivity contribution in [3.05, 3.63) is 33.6 Å². The first-order valence-electron chi connectivity index (χ1n) is 4.68. The van der Waals surface area contributed by atoms with Crippen LogP contribution in [-0.4, -0.2) is 21.5 Å². The maximum atomic E-state index is 11.7. The summed E-state index contributed by atoms with van der Waals surface area (Å²) in [6.07, 6.45) is 0. The van der Waals surface area contributed by atoms with E-state index in [0.717, 1.165) is 0 Å². The summed E-state index contributed by atoms with van der Waals surface area (Å²) in [5.74, 6) is 0. The number of hydrogen-bond acceptors (Lipinski definition) is 4. The fourth-order valence-corrected chi connectivity index (χ4v) is 1.52. The van der Waals surface area contributed by atoms with Gasteiger partial charge in [0.2, 0.25) is 0 Å². The summed E-state index contributed by atoms with van der Waals surface area (Å²) in [4.78, 5) is 15.7. The van der Waals surface area contributed by atoms with E-state index < -0.39 is 5.56 Å². The van der Waals surface area contributed by atoms with Crippen LogP contribution in [0.1, 0.15) is 6.92 Å². The smallest absolute Gasteiger partial charge is 0.334 e. The summed E-state index contributed by atoms with van der Waals surface area (Å²) >= 11 is 5.79. The van der Waals surface area contributed by atoms with Crippen LogP contribution in [0.3, 0.4) is 0 Å². The van der Waals surface area contributed by atoms with Crippen LogP contribution in [0.15, 0.2) is 23.0 Å². The van der Waals surface area contributed by atoms with Gasteiger partial charge in [0.15, 0.2) is 0 Å². The Labute approximate surface area is 95.8 Å². The summed E-state index contributed by atoms with van der Waals surface area (Å²) in [5, 5.41) is 10.2. The van der Waals surface area contributed by atoms with E-state index >= 15 is 0 Å². The van der Waals surface area contributed by atoms with Crippen molar-refractivity contribution in [2.24, 2.45) is 0 Å². The van der Waals surface area contributed by atoms with Crippen LogP contribution in [0.2, 0.25) is 5.02 Å². The third-order valence-electron chi connectivity index (χ3n) is 2.05. The summed E-state index contributed by atoms with van der Waals surface area (Å²) in [7, 11) is 0. The topological polar surface area (TPSA) is 64.3 Å². The molecule has 0 atom stereocenters. The van der Waals surface area contributed by atoms with Crippen LogP contribution < -0.4 is 10.3 Å². The maximum absolute atomic E-state index is 11.7. The lowest BCUT2D eigenvalue weighted by Gasteiger charge is -2.07. The average molecular weight is 241 g/mol. The number of fused-ring (bicyclic) bond motifs is 1. The monoisotopic (exact) mass is 240 g/mol. The average Bonchev–Trinajstić information content (AvgIpc) is 2.25. The molecule has 0 amide bonds. The molecule has 2 rings (SSSR count). The quantitative estimate of drug-likeness (QED) is 0.812. The fraction of sp³-hybridized carbons (Fsp3) is 0.200. The van der Waals surface area contributed by atoms with Gasteiger partial charge < -0.3 is 9.94 Å². The summed E-state index contributed by atoms with van der Waals surface area (Å²) < 4.78 is 5.41. The molecule has 0 aliphatic heterocycles. The van der Waals surface area contributed by atoms with Crippen molar-refractivity contribution in [3.8, 4) is 6.01 Å². The number of rotatable bonds is 2. The Bertz CT molecular complexity index is 594. The Kier molecular flexibility index (Phi) is 2.70. The predicted octanol–water partition coefficient (Wildman–Crippen LogP) is 1.69. The van der Waals surface area contributed by atoms with E-state index in [2.05, 4.69) is 4.98 Å². The minimum absolute atomic E-state index is 0.137. The standard InChI is InChI=1S/C10H9ClN2O3/c1-2-16-10-12-8-5-6(11)3-4-7(8)9(14)13(10)15/h3-5,15H,2H2,1H3. The van der Waals surface area contributed by atoms with Gasteiger partial charge in [-0.3, -0.25) is 4.79 Å². The van der Waals surface area contributed by atoms with Crippen molar-refractivity contribution in [2.75, 3.05) is 6.61 Å². The molecule has 0 aliphatic carbocycles. The summed E-state index contributed by atoms with van der Waals surface area (Å²) in [6, 6.07) is 4.48. The zero-order valence-electron chi connectivity index (χ0n) is 8.48. The fourth-order valence-electron chi connectivity index (χ4n) is 1.35. The Hall–Kier alpha value is -1.75. The largest absolute Gasteiger partial charge is 0.463 e. The lowest BCUT2D eigenvalue weighted by atomic mass is 10.2. The van der Waals surface area contributed by atoms with Gasteiger partial charge in [0.25, 0.3) is 5.56 Å². The first-order valence-corrected chi connectivity index (χ1v) is 5.05. The lowest BCUT2D eigenvalue weighted by Crippen LogP contribution is -2.21. The van der Waals surface area contributed by atoms with Crippen LogP contribution in [-0.2, 0) is 0 Å². The highest BCUT2D eigenvalue weighted by atomic mass is 35.5. The van der Waals surface area contributed by atoms with Crippen molar-refractivity contribution < 1.29 is 9.94 Å². The third kappa shape index (κ3) is 1.69. The van der Waals surface area contributed by atoms with Crippen LogP contribution in [0.4, 0.5) is 0 Å². The summed E-state index contributed by atoms with van der Waals surface area (Å²) in [6.45, 7) is 2.04. The van der Waals surface area contributed by atoms with Crippen LogP contribution in [0, 0.1) is 0 Å². The molecule has 0 saturated carbocycles. The van der Waals surface area contributed by atoms with Gasteiger partial charge in [-0.2, -0.15) is 4.98 Å². The molecule has 0 saturated heterocycles. The Morgan fingerprint density at radius 3 is 3.00 bits per heavy atom. The molecule has 1 aromatic carbocycles. The van der Waals surface area contributed by atoms with Crippen molar-refractivity contribution in [1.82, 2.24) is 9.71 Å². The molecule has 0 bridgehead atoms. The number of aromatic nitrogens is 2. The van der Waals surface area contributed by atoms with E-state index in [-0.39, 0.29) is 11.4 Å². The van der Waals surface area contributed by atoms with E-state index in [0.29, 0.717) is 21.9 Å². The second-order valence-electron chi connectivity index (χ2n) is 3.11. The molecule has 5 nitrogen and oxygen atoms in total. The minimum Gasteiger partial charge on any atom is -0.463 e. The molecular formula is C10H9ClN2O3. The molecule has 1 heterocycles. The maximum Gasteiger partial charge on any atom is 0.334 e. The molecule has 16 heavy (non-hydrogen) atoms. The highest BCUT2D eigenvalue weighted by Crippen LogP contribution is 2.17. The van der Waals surface area contributed by atoms with Gasteiger partial charge in [-0.15, -0.1) is 0 Å². The highest BCUT2D eigenvalue weighted by Gasteiger charge is 2.10. The number of halogens is 1. The predicted molar refractivity (Wildman–Crippen MR) is 59.4 cm³/mol. The molecule has 1 N–H and O–H groups in total. The Morgan fingerprint density at radius 2 is 2.31 bits per heavy atom. The zero-order valence-corrected chi connectivity index (χ0v) is 9.23. The molecule has 6 heteroatoms. The van der Waals surface area contributed by atoms with Gasteiger partial charge in [-0.25, -0.2) is 0 Å². The number of benzene rings is 1. The van der Waals surface area contributed by atoms with Gasteiger partial charge in [0, 0.05) is 5.02 Å². The first-order chi connectivity index (χ1) is 7.63. The second kappa shape index (κ2) is 4.02. The molecule has 1 aromatic heterocycles. The molecule has 2 aromatic rings. The molecule has 0 aliphatic rings. The molecule has 0 unspecified atom stereocenters. The highest BCUT2D eigenvalue weighted by molar-refractivity contribution is 6.31. The lowest BCUT2D eigenvalue weighted by molar-refractivity contribution is 0.127. The van der Waals surface area contributed by atoms with Crippen molar-refractivity contribution >= 4 is 22.5 Å². The SMILES string of the molecule is CCOc1nc2cc(Cl)ccc2c(=O)n1O. The first kappa shape index (κ1) is 10.8. The molecule has 0 fully saturated rings. The third-order valence-corrected chi connectivity index (χ3v) is 2.29. The van der Waals surface area contributed by atoms with Gasteiger partial charge >= 0.3 is 6.01 Å². The van der Waals surface area contributed by atoms with Crippen LogP contribution in [0.5, 0.6) is 6.01 Å². The van der Waals surface area contributed by atoms with E-state index in [4.69, 9.17) is 16.3 Å². The molecule has 0 spiro atoms.